The van der Waals surface area contributed by atoms with E-state index in [1.807, 2.05) is 28.8 Å². The maximum atomic E-state index is 11.4. The van der Waals surface area contributed by atoms with Gasteiger partial charge in [0, 0.05) is 11.9 Å². The summed E-state index contributed by atoms with van der Waals surface area (Å²) in [6.45, 7) is 2.11. The first-order chi connectivity index (χ1) is 11.3. The molecule has 1 fully saturated rings. The molecular weight excluding hydrogens is 292 g/mol. The molecule has 0 atom stereocenters. The van der Waals surface area contributed by atoms with E-state index in [1.165, 1.54) is 12.8 Å². The number of carbonyl (C=O) groups is 1. The zero-order valence-corrected chi connectivity index (χ0v) is 12.8. The minimum atomic E-state index is 0.530. The van der Waals surface area contributed by atoms with E-state index < -0.39 is 0 Å². The number of aldehydes is 1. The summed E-state index contributed by atoms with van der Waals surface area (Å²) in [6, 6.07) is 7.90. The lowest BCUT2D eigenvalue weighted by molar-refractivity contribution is 0.111. The first-order valence-corrected chi connectivity index (χ1v) is 7.88. The van der Waals surface area contributed by atoms with E-state index >= 15 is 0 Å². The van der Waals surface area contributed by atoms with Crippen LogP contribution in [0.3, 0.4) is 0 Å². The van der Waals surface area contributed by atoms with Crippen molar-refractivity contribution in [3.05, 3.63) is 42.6 Å². The smallest absolute Gasteiger partial charge is 0.166 e. The standard InChI is InChI=1S/C17H18N4O2/c22-10-15-8-14-2-1-3-16(17(14)21(15)9-13-4-5-13)23-7-6-20-11-18-19-12-20/h1-3,8,10-13H,4-7,9H2. The summed E-state index contributed by atoms with van der Waals surface area (Å²) in [7, 11) is 0. The maximum Gasteiger partial charge on any atom is 0.166 e. The Morgan fingerprint density at radius 2 is 2.09 bits per heavy atom. The number of para-hydroxylation sites is 1. The van der Waals surface area contributed by atoms with Crippen molar-refractivity contribution < 1.29 is 9.53 Å². The highest BCUT2D eigenvalue weighted by Gasteiger charge is 2.24. The Morgan fingerprint density at radius 3 is 2.83 bits per heavy atom. The second-order valence-electron chi connectivity index (χ2n) is 5.98. The molecule has 0 aliphatic heterocycles. The molecule has 1 aliphatic rings. The molecule has 0 radical (unpaired) electrons. The zero-order chi connectivity index (χ0) is 15.6. The molecule has 0 bridgehead atoms. The van der Waals surface area contributed by atoms with Crippen LogP contribution in [0.25, 0.3) is 10.9 Å². The molecule has 23 heavy (non-hydrogen) atoms. The third-order valence-corrected chi connectivity index (χ3v) is 4.25. The van der Waals surface area contributed by atoms with Crippen LogP contribution in [0.5, 0.6) is 5.75 Å². The van der Waals surface area contributed by atoms with Gasteiger partial charge in [0.05, 0.1) is 17.8 Å². The van der Waals surface area contributed by atoms with E-state index in [-0.39, 0.29) is 0 Å². The Balaban J connectivity index is 1.62. The highest BCUT2D eigenvalue weighted by Crippen LogP contribution is 2.35. The number of rotatable bonds is 7. The number of hydrogen-bond donors (Lipinski definition) is 0. The average molecular weight is 310 g/mol. The molecule has 0 amide bonds. The van der Waals surface area contributed by atoms with Crippen molar-refractivity contribution in [3.63, 3.8) is 0 Å². The van der Waals surface area contributed by atoms with Gasteiger partial charge < -0.3 is 13.9 Å². The third kappa shape index (κ3) is 2.84. The number of carbonyl (C=O) groups excluding carboxylic acids is 1. The van der Waals surface area contributed by atoms with Crippen LogP contribution < -0.4 is 4.74 Å². The minimum Gasteiger partial charge on any atom is -0.490 e. The largest absolute Gasteiger partial charge is 0.490 e. The monoisotopic (exact) mass is 310 g/mol. The molecule has 6 heteroatoms. The fourth-order valence-corrected chi connectivity index (χ4v) is 2.88. The van der Waals surface area contributed by atoms with Crippen molar-refractivity contribution >= 4 is 17.2 Å². The van der Waals surface area contributed by atoms with E-state index in [2.05, 4.69) is 14.8 Å². The zero-order valence-electron chi connectivity index (χ0n) is 12.8. The molecule has 3 aromatic rings. The predicted octanol–water partition coefficient (Wildman–Crippen LogP) is 2.53. The Labute approximate surface area is 133 Å². The van der Waals surface area contributed by atoms with Crippen molar-refractivity contribution in [1.82, 2.24) is 19.3 Å². The van der Waals surface area contributed by atoms with Crippen LogP contribution in [0, 0.1) is 5.92 Å². The fourth-order valence-electron chi connectivity index (χ4n) is 2.88. The first kappa shape index (κ1) is 14.0. The number of ether oxygens (including phenoxy) is 1. The molecule has 4 rings (SSSR count). The van der Waals surface area contributed by atoms with Crippen LogP contribution in [0.2, 0.25) is 0 Å². The quantitative estimate of drug-likeness (QED) is 0.629. The van der Waals surface area contributed by atoms with Crippen LogP contribution in [-0.4, -0.2) is 32.2 Å². The minimum absolute atomic E-state index is 0.530. The number of fused-ring (bicyclic) bond motifs is 1. The van der Waals surface area contributed by atoms with Crippen molar-refractivity contribution in [2.24, 2.45) is 5.92 Å². The maximum absolute atomic E-state index is 11.4. The first-order valence-electron chi connectivity index (χ1n) is 7.88. The molecule has 118 valence electrons. The highest BCUT2D eigenvalue weighted by molar-refractivity contribution is 5.92. The molecule has 6 nitrogen and oxygen atoms in total. The number of hydrogen-bond acceptors (Lipinski definition) is 4. The van der Waals surface area contributed by atoms with Crippen molar-refractivity contribution in [2.45, 2.75) is 25.9 Å². The summed E-state index contributed by atoms with van der Waals surface area (Å²) in [5.41, 5.74) is 1.74. The Bertz CT molecular complexity index is 819. The number of nitrogens with zero attached hydrogens (tertiary/aromatic N) is 4. The average Bonchev–Trinajstić information content (AvgIpc) is 3.09. The number of benzene rings is 1. The molecule has 2 heterocycles. The van der Waals surface area contributed by atoms with Gasteiger partial charge in [0.2, 0.25) is 0 Å². The molecule has 0 unspecified atom stereocenters. The van der Waals surface area contributed by atoms with Crippen LogP contribution >= 0.6 is 0 Å². The second-order valence-corrected chi connectivity index (χ2v) is 5.98. The molecule has 1 aromatic carbocycles. The van der Waals surface area contributed by atoms with Gasteiger partial charge in [0.1, 0.15) is 25.0 Å². The Kier molecular flexibility index (Phi) is 3.57. The van der Waals surface area contributed by atoms with Gasteiger partial charge in [0.15, 0.2) is 6.29 Å². The van der Waals surface area contributed by atoms with Gasteiger partial charge in [0.25, 0.3) is 0 Å². The van der Waals surface area contributed by atoms with Gasteiger partial charge in [-0.25, -0.2) is 0 Å². The van der Waals surface area contributed by atoms with Gasteiger partial charge in [-0.3, -0.25) is 4.79 Å². The van der Waals surface area contributed by atoms with Crippen molar-refractivity contribution in [2.75, 3.05) is 6.61 Å². The van der Waals surface area contributed by atoms with Crippen LogP contribution in [0.15, 0.2) is 36.9 Å². The van der Waals surface area contributed by atoms with E-state index in [4.69, 9.17) is 4.74 Å². The van der Waals surface area contributed by atoms with Crippen molar-refractivity contribution in [3.8, 4) is 5.75 Å². The Hall–Kier alpha value is -2.63. The normalized spacial score (nSPS) is 14.3. The molecule has 0 saturated heterocycles. The van der Waals surface area contributed by atoms with E-state index in [1.54, 1.807) is 12.7 Å². The lowest BCUT2D eigenvalue weighted by Crippen LogP contribution is -2.09. The van der Waals surface area contributed by atoms with E-state index in [0.717, 1.165) is 35.2 Å². The summed E-state index contributed by atoms with van der Waals surface area (Å²) in [4.78, 5) is 11.4. The molecular formula is C17H18N4O2. The summed E-state index contributed by atoms with van der Waals surface area (Å²) in [5, 5.41) is 8.61. The lowest BCUT2D eigenvalue weighted by atomic mass is 10.2. The summed E-state index contributed by atoms with van der Waals surface area (Å²) in [5.74, 6) is 1.51. The van der Waals surface area contributed by atoms with Gasteiger partial charge in [-0.1, -0.05) is 12.1 Å². The Morgan fingerprint density at radius 1 is 1.26 bits per heavy atom. The van der Waals surface area contributed by atoms with Crippen LogP contribution in [0.1, 0.15) is 23.3 Å². The van der Waals surface area contributed by atoms with Crippen LogP contribution in [0.4, 0.5) is 0 Å². The molecule has 1 aliphatic carbocycles. The SMILES string of the molecule is O=Cc1cc2cccc(OCCn3cnnc3)c2n1CC1CC1. The highest BCUT2D eigenvalue weighted by atomic mass is 16.5. The third-order valence-electron chi connectivity index (χ3n) is 4.25. The summed E-state index contributed by atoms with van der Waals surface area (Å²) < 4.78 is 9.96. The van der Waals surface area contributed by atoms with Gasteiger partial charge in [-0.2, -0.15) is 0 Å². The fraction of sp³-hybridized carbons (Fsp3) is 0.353. The van der Waals surface area contributed by atoms with Crippen LogP contribution in [-0.2, 0) is 13.1 Å². The van der Waals surface area contributed by atoms with Crippen molar-refractivity contribution in [1.29, 1.82) is 0 Å². The molecule has 0 spiro atoms. The second kappa shape index (κ2) is 5.87. The van der Waals surface area contributed by atoms with E-state index in [9.17, 15) is 4.79 Å². The lowest BCUT2D eigenvalue weighted by Gasteiger charge is -2.12. The van der Waals surface area contributed by atoms with Gasteiger partial charge >= 0.3 is 0 Å². The predicted molar refractivity (Wildman–Crippen MR) is 85.6 cm³/mol. The van der Waals surface area contributed by atoms with Gasteiger partial charge in [-0.15, -0.1) is 10.2 Å². The topological polar surface area (TPSA) is 61.9 Å². The summed E-state index contributed by atoms with van der Waals surface area (Å²) >= 11 is 0. The van der Waals surface area contributed by atoms with Gasteiger partial charge in [-0.05, 0) is 30.9 Å². The molecule has 0 N–H and O–H groups in total. The summed E-state index contributed by atoms with van der Waals surface area (Å²) in [6.07, 6.45) is 6.76. The molecule has 1 saturated carbocycles. The number of aromatic nitrogens is 4. The van der Waals surface area contributed by atoms with E-state index in [0.29, 0.717) is 19.1 Å². The molecule has 2 aromatic heterocycles.